The van der Waals surface area contributed by atoms with Crippen LogP contribution in [0.1, 0.15) is 11.1 Å². The molecule has 0 aromatic heterocycles. The number of hydrogen-bond acceptors (Lipinski definition) is 3. The maximum Gasteiger partial charge on any atom is 0.193 e. The van der Waals surface area contributed by atoms with E-state index in [4.69, 9.17) is 15.6 Å². The molecule has 0 unspecified atom stereocenters. The third-order valence-corrected chi connectivity index (χ3v) is 3.97. The van der Waals surface area contributed by atoms with Gasteiger partial charge in [0.15, 0.2) is 5.96 Å². The first-order valence-electron chi connectivity index (χ1n) is 8.81. The molecule has 0 heterocycles. The molecule has 0 amide bonds. The highest BCUT2D eigenvalue weighted by atomic mass is 127. The van der Waals surface area contributed by atoms with E-state index >= 15 is 0 Å². The topological polar surface area (TPSA) is 79.9 Å². The van der Waals surface area contributed by atoms with Crippen LogP contribution in [0.2, 0.25) is 0 Å². The fourth-order valence-corrected chi connectivity index (χ4v) is 2.57. The lowest BCUT2D eigenvalue weighted by atomic mass is 10.1. The largest absolute Gasteiger partial charge is 0.457 e. The van der Waals surface area contributed by atoms with Gasteiger partial charge in [-0.25, -0.2) is 0 Å². The number of rotatable bonds is 7. The predicted molar refractivity (Wildman–Crippen MR) is 125 cm³/mol. The minimum Gasteiger partial charge on any atom is -0.457 e. The molecule has 0 saturated heterocycles. The molecule has 0 radical (unpaired) electrons. The van der Waals surface area contributed by atoms with Crippen LogP contribution in [0.15, 0.2) is 83.9 Å². The van der Waals surface area contributed by atoms with Crippen LogP contribution in [0.5, 0.6) is 11.5 Å². The summed E-state index contributed by atoms with van der Waals surface area (Å²) in [6, 6.07) is 25.0. The number of ether oxygens (including phenoxy) is 1. The summed E-state index contributed by atoms with van der Waals surface area (Å²) in [6.45, 7) is 0.639. The number of nitrogens with two attached hydrogens (primary N) is 1. The number of aliphatic hydroxyl groups excluding tert-OH is 1. The van der Waals surface area contributed by atoms with E-state index in [-0.39, 0.29) is 30.6 Å². The molecule has 0 aliphatic carbocycles. The molecule has 0 atom stereocenters. The summed E-state index contributed by atoms with van der Waals surface area (Å²) < 4.78 is 5.82. The zero-order valence-electron chi connectivity index (χ0n) is 15.4. The van der Waals surface area contributed by atoms with Gasteiger partial charge in [0.2, 0.25) is 0 Å². The molecule has 3 aromatic carbocycles. The van der Waals surface area contributed by atoms with Gasteiger partial charge in [0.1, 0.15) is 11.5 Å². The van der Waals surface area contributed by atoms with Crippen LogP contribution in [-0.4, -0.2) is 17.6 Å². The highest BCUT2D eigenvalue weighted by Gasteiger charge is 2.00. The maximum absolute atomic E-state index is 9.06. The van der Waals surface area contributed by atoms with Crippen LogP contribution in [0.4, 0.5) is 5.69 Å². The molecule has 6 heteroatoms. The van der Waals surface area contributed by atoms with Crippen molar-refractivity contribution in [1.82, 2.24) is 0 Å². The third-order valence-electron chi connectivity index (χ3n) is 3.97. The highest BCUT2D eigenvalue weighted by Crippen LogP contribution is 2.23. The highest BCUT2D eigenvalue weighted by molar-refractivity contribution is 14.0. The van der Waals surface area contributed by atoms with Gasteiger partial charge >= 0.3 is 0 Å². The summed E-state index contributed by atoms with van der Waals surface area (Å²) in [7, 11) is 0. The second kappa shape index (κ2) is 11.3. The Morgan fingerprint density at radius 1 is 0.893 bits per heavy atom. The number of guanidine groups is 1. The Bertz CT molecular complexity index is 884. The molecule has 0 bridgehead atoms. The molecular weight excluding hydrogens is 465 g/mol. The first kappa shape index (κ1) is 21.7. The predicted octanol–water partition coefficient (Wildman–Crippen LogP) is 4.56. The molecule has 3 aromatic rings. The Labute approximate surface area is 182 Å². The summed E-state index contributed by atoms with van der Waals surface area (Å²) in [6.07, 6.45) is 0.783. The standard InChI is InChI=1S/C22H23N3O2.HI/c23-22(24-14-13-17-9-11-18(16-26)12-10-17)25-19-5-4-8-21(15-19)27-20-6-2-1-3-7-20;/h1-12,15,26H,13-14,16H2,(H3,23,24,25);1H. The second-order valence-electron chi connectivity index (χ2n) is 6.06. The molecule has 0 spiro atoms. The maximum atomic E-state index is 9.06. The number of halogens is 1. The van der Waals surface area contributed by atoms with Crippen LogP contribution >= 0.6 is 24.0 Å². The summed E-state index contributed by atoms with van der Waals surface area (Å²) in [4.78, 5) is 4.36. The molecule has 0 aliphatic heterocycles. The third kappa shape index (κ3) is 6.86. The van der Waals surface area contributed by atoms with E-state index in [9.17, 15) is 0 Å². The van der Waals surface area contributed by atoms with E-state index < -0.39 is 0 Å². The van der Waals surface area contributed by atoms with Crippen LogP contribution in [0.25, 0.3) is 0 Å². The molecule has 0 aliphatic rings. The number of nitrogens with zero attached hydrogens (tertiary/aromatic N) is 1. The van der Waals surface area contributed by atoms with E-state index in [0.29, 0.717) is 12.5 Å². The minimum absolute atomic E-state index is 0. The second-order valence-corrected chi connectivity index (χ2v) is 6.06. The Kier molecular flexibility index (Phi) is 8.77. The summed E-state index contributed by atoms with van der Waals surface area (Å²) in [5.74, 6) is 1.87. The quantitative estimate of drug-likeness (QED) is 0.258. The van der Waals surface area contributed by atoms with Gasteiger partial charge in [0.25, 0.3) is 0 Å². The Balaban J connectivity index is 0.00000280. The molecule has 0 fully saturated rings. The molecule has 4 N–H and O–H groups in total. The van der Waals surface area contributed by atoms with Crippen molar-refractivity contribution in [1.29, 1.82) is 0 Å². The molecular formula is C22H24IN3O2. The van der Waals surface area contributed by atoms with Crippen LogP contribution < -0.4 is 15.8 Å². The zero-order chi connectivity index (χ0) is 18.9. The van der Waals surface area contributed by atoms with Crippen LogP contribution in [0, 0.1) is 0 Å². The monoisotopic (exact) mass is 489 g/mol. The van der Waals surface area contributed by atoms with Crippen molar-refractivity contribution in [3.8, 4) is 11.5 Å². The number of para-hydroxylation sites is 1. The lowest BCUT2D eigenvalue weighted by molar-refractivity contribution is 0.282. The van der Waals surface area contributed by atoms with Crippen molar-refractivity contribution in [2.24, 2.45) is 10.7 Å². The van der Waals surface area contributed by atoms with Gasteiger partial charge < -0.3 is 20.9 Å². The fraction of sp³-hybridized carbons (Fsp3) is 0.136. The van der Waals surface area contributed by atoms with E-state index in [1.807, 2.05) is 78.9 Å². The van der Waals surface area contributed by atoms with Crippen molar-refractivity contribution in [2.45, 2.75) is 13.0 Å². The molecule has 146 valence electrons. The Hall–Kier alpha value is -2.58. The van der Waals surface area contributed by atoms with Crippen molar-refractivity contribution in [3.05, 3.63) is 90.0 Å². The summed E-state index contributed by atoms with van der Waals surface area (Å²) >= 11 is 0. The minimum atomic E-state index is 0. The smallest absolute Gasteiger partial charge is 0.193 e. The Morgan fingerprint density at radius 3 is 2.29 bits per heavy atom. The molecule has 28 heavy (non-hydrogen) atoms. The van der Waals surface area contributed by atoms with Crippen molar-refractivity contribution >= 4 is 35.6 Å². The van der Waals surface area contributed by atoms with Crippen molar-refractivity contribution in [2.75, 3.05) is 11.9 Å². The average Bonchev–Trinajstić information content (AvgIpc) is 2.69. The molecule has 0 saturated carbocycles. The first-order chi connectivity index (χ1) is 13.2. The van der Waals surface area contributed by atoms with Crippen LogP contribution in [0.3, 0.4) is 0 Å². The number of hydrogen-bond donors (Lipinski definition) is 3. The SMILES string of the molecule is I.NC(=NCCc1ccc(CO)cc1)Nc1cccc(Oc2ccccc2)c1. The summed E-state index contributed by atoms with van der Waals surface area (Å²) in [5.41, 5.74) is 8.86. The van der Waals surface area contributed by atoms with E-state index in [0.717, 1.165) is 34.7 Å². The van der Waals surface area contributed by atoms with E-state index in [1.165, 1.54) is 0 Å². The number of nitrogens with one attached hydrogen (secondary N) is 1. The fourth-order valence-electron chi connectivity index (χ4n) is 2.57. The van der Waals surface area contributed by atoms with Gasteiger partial charge in [0, 0.05) is 18.3 Å². The number of aliphatic imine (C=N–C) groups is 1. The molecule has 3 rings (SSSR count). The Morgan fingerprint density at radius 2 is 1.57 bits per heavy atom. The van der Waals surface area contributed by atoms with E-state index in [2.05, 4.69) is 10.3 Å². The van der Waals surface area contributed by atoms with E-state index in [1.54, 1.807) is 0 Å². The number of aliphatic hydroxyl groups is 1. The van der Waals surface area contributed by atoms with Gasteiger partial charge in [-0.3, -0.25) is 4.99 Å². The summed E-state index contributed by atoms with van der Waals surface area (Å²) in [5, 5.41) is 12.2. The number of anilines is 1. The van der Waals surface area contributed by atoms with Gasteiger partial charge in [-0.15, -0.1) is 24.0 Å². The lowest BCUT2D eigenvalue weighted by Gasteiger charge is -2.09. The van der Waals surface area contributed by atoms with Crippen molar-refractivity contribution in [3.63, 3.8) is 0 Å². The van der Waals surface area contributed by atoms with Gasteiger partial charge in [-0.1, -0.05) is 48.5 Å². The normalized spacial score (nSPS) is 10.8. The number of benzene rings is 3. The van der Waals surface area contributed by atoms with Crippen molar-refractivity contribution < 1.29 is 9.84 Å². The molecule has 5 nitrogen and oxygen atoms in total. The average molecular weight is 489 g/mol. The zero-order valence-corrected chi connectivity index (χ0v) is 17.7. The lowest BCUT2D eigenvalue weighted by Crippen LogP contribution is -2.23. The first-order valence-corrected chi connectivity index (χ1v) is 8.81. The van der Waals surface area contributed by atoms with Gasteiger partial charge in [-0.2, -0.15) is 0 Å². The van der Waals surface area contributed by atoms with Gasteiger partial charge in [-0.05, 0) is 41.8 Å². The van der Waals surface area contributed by atoms with Gasteiger partial charge in [0.05, 0.1) is 6.61 Å². The van der Waals surface area contributed by atoms with Crippen LogP contribution in [-0.2, 0) is 13.0 Å².